The number of ketones is 1. The first-order valence-electron chi connectivity index (χ1n) is 18.0. The van der Waals surface area contributed by atoms with Crippen LogP contribution in [0.25, 0.3) is 10.8 Å². The number of hydrogen-bond acceptors (Lipinski definition) is 10. The van der Waals surface area contributed by atoms with Gasteiger partial charge in [0.15, 0.2) is 11.5 Å². The van der Waals surface area contributed by atoms with Crippen molar-refractivity contribution >= 4 is 49.7 Å². The highest BCUT2D eigenvalue weighted by Crippen LogP contribution is 2.40. The van der Waals surface area contributed by atoms with E-state index in [9.17, 15) is 18.0 Å². The van der Waals surface area contributed by atoms with Crippen molar-refractivity contribution in [1.82, 2.24) is 4.98 Å². The molecule has 0 saturated heterocycles. The van der Waals surface area contributed by atoms with Crippen LogP contribution >= 0.6 is 0 Å². The van der Waals surface area contributed by atoms with Gasteiger partial charge in [0, 0.05) is 48.2 Å². The molecule has 56 heavy (non-hydrogen) atoms. The molecule has 5 rings (SSSR count). The molecule has 0 aliphatic heterocycles. The number of amides is 2. The second-order valence-electron chi connectivity index (χ2n) is 14.1. The summed E-state index contributed by atoms with van der Waals surface area (Å²) in [4.78, 5) is 30.9. The van der Waals surface area contributed by atoms with Crippen LogP contribution in [0.5, 0.6) is 23.0 Å². The molecular weight excluding hydrogens is 737 g/mol. The van der Waals surface area contributed by atoms with Gasteiger partial charge in [-0.1, -0.05) is 51.1 Å². The molecule has 1 heterocycles. The summed E-state index contributed by atoms with van der Waals surface area (Å²) in [6.45, 7) is 6.53. The molecule has 0 saturated carbocycles. The molecule has 5 aromatic rings. The van der Waals surface area contributed by atoms with Gasteiger partial charge in [0.25, 0.3) is 0 Å². The molecule has 4 aromatic carbocycles. The second kappa shape index (κ2) is 18.3. The highest BCUT2D eigenvalue weighted by atomic mass is 32.2. The summed E-state index contributed by atoms with van der Waals surface area (Å²) in [6, 6.07) is 23.0. The summed E-state index contributed by atoms with van der Waals surface area (Å²) < 4.78 is 49.6. The van der Waals surface area contributed by atoms with Gasteiger partial charge in [-0.05, 0) is 65.4 Å². The number of aliphatic hydroxyl groups is 1. The van der Waals surface area contributed by atoms with Crippen molar-refractivity contribution in [2.75, 3.05) is 55.7 Å². The molecule has 0 unspecified atom stereocenters. The van der Waals surface area contributed by atoms with E-state index in [1.807, 2.05) is 63.2 Å². The topological polar surface area (TPSA) is 174 Å². The zero-order valence-corrected chi connectivity index (χ0v) is 33.2. The van der Waals surface area contributed by atoms with Crippen LogP contribution in [0.3, 0.4) is 0 Å². The highest BCUT2D eigenvalue weighted by molar-refractivity contribution is 7.92. The van der Waals surface area contributed by atoms with E-state index in [1.165, 1.54) is 14.2 Å². The summed E-state index contributed by atoms with van der Waals surface area (Å²) in [5, 5.41) is 16.1. The van der Waals surface area contributed by atoms with E-state index in [2.05, 4.69) is 20.3 Å². The Morgan fingerprint density at radius 3 is 2.25 bits per heavy atom. The van der Waals surface area contributed by atoms with Gasteiger partial charge in [-0.25, -0.2) is 13.2 Å². The lowest BCUT2D eigenvalue weighted by molar-refractivity contribution is 0.0831. The van der Waals surface area contributed by atoms with Crippen LogP contribution in [0.15, 0.2) is 85.1 Å². The predicted molar refractivity (Wildman–Crippen MR) is 218 cm³/mol. The van der Waals surface area contributed by atoms with Crippen molar-refractivity contribution in [2.24, 2.45) is 0 Å². The predicted octanol–water partition coefficient (Wildman–Crippen LogP) is 7.92. The number of carbonyl (C=O) groups excluding carboxylic acids is 2. The van der Waals surface area contributed by atoms with E-state index in [1.54, 1.807) is 42.6 Å². The largest absolute Gasteiger partial charge is 0.496 e. The maximum absolute atomic E-state index is 13.5. The van der Waals surface area contributed by atoms with Crippen molar-refractivity contribution in [1.29, 1.82) is 0 Å². The number of benzene rings is 4. The lowest BCUT2D eigenvalue weighted by atomic mass is 9.86. The molecule has 4 N–H and O–H groups in total. The molecule has 0 radical (unpaired) electrons. The van der Waals surface area contributed by atoms with Crippen LogP contribution in [0.4, 0.5) is 21.9 Å². The van der Waals surface area contributed by atoms with Crippen LogP contribution < -0.4 is 29.6 Å². The average Bonchev–Trinajstić information content (AvgIpc) is 3.14. The van der Waals surface area contributed by atoms with Gasteiger partial charge in [0.1, 0.15) is 17.2 Å². The summed E-state index contributed by atoms with van der Waals surface area (Å²) in [7, 11) is -0.705. The standard InChI is InChI=1S/C42H48N4O9S/c1-42(2,3)28-24-35(40(53-5)36(25-28)46-56(6,50)51)45-41(49)44-34-15-16-38(32-11-8-7-10-31(32)34)55-30-17-18-43-29(26-30)22-27-13-14-33(39(23-27)52-4)37(48)12-9-20-54-21-19-47/h7-8,10-11,13-18,23-26,46-47H,9,12,19-22H2,1-6H3,(H2,44,45,49). The second-order valence-corrected chi connectivity index (χ2v) is 15.9. The Labute approximate surface area is 327 Å². The minimum absolute atomic E-state index is 0.0483. The van der Waals surface area contributed by atoms with Crippen LogP contribution in [0, 0.1) is 0 Å². The van der Waals surface area contributed by atoms with Crippen molar-refractivity contribution < 1.29 is 42.1 Å². The molecule has 0 aliphatic rings. The number of anilines is 3. The molecular formula is C42H48N4O9S. The van der Waals surface area contributed by atoms with Gasteiger partial charge in [-0.15, -0.1) is 0 Å². The Morgan fingerprint density at radius 2 is 1.55 bits per heavy atom. The number of nitrogens with one attached hydrogen (secondary N) is 3. The number of methoxy groups -OCH3 is 2. The van der Waals surface area contributed by atoms with E-state index in [4.69, 9.17) is 24.1 Å². The molecule has 2 amide bonds. The SMILES string of the molecule is COc1cc(Cc2cc(Oc3ccc(NC(=O)Nc4cc(C(C)(C)C)cc(NS(C)(=O)=O)c4OC)c4ccccc34)ccn2)ccc1C(=O)CCCOCCO. The van der Waals surface area contributed by atoms with Crippen molar-refractivity contribution in [3.8, 4) is 23.0 Å². The molecule has 14 heteroatoms. The number of rotatable bonds is 17. The Hall–Kier alpha value is -5.70. The number of pyridine rings is 1. The Balaban J connectivity index is 1.32. The van der Waals surface area contributed by atoms with E-state index in [0.29, 0.717) is 60.1 Å². The van der Waals surface area contributed by atoms with Gasteiger partial charge in [-0.3, -0.25) is 14.5 Å². The first-order chi connectivity index (χ1) is 26.7. The number of fused-ring (bicyclic) bond motifs is 1. The van der Waals surface area contributed by atoms with Gasteiger partial charge < -0.3 is 34.7 Å². The third-order valence-electron chi connectivity index (χ3n) is 8.73. The van der Waals surface area contributed by atoms with E-state index in [0.717, 1.165) is 33.8 Å². The van der Waals surface area contributed by atoms with Crippen LogP contribution in [-0.4, -0.2) is 70.6 Å². The van der Waals surface area contributed by atoms with Crippen LogP contribution in [0.2, 0.25) is 0 Å². The van der Waals surface area contributed by atoms with Crippen LogP contribution in [-0.2, 0) is 26.6 Å². The average molecular weight is 785 g/mol. The fraction of sp³-hybridized carbons (Fsp3) is 0.310. The Morgan fingerprint density at radius 1 is 0.821 bits per heavy atom. The molecule has 1 aromatic heterocycles. The molecule has 0 aliphatic carbocycles. The van der Waals surface area contributed by atoms with Crippen molar-refractivity contribution in [3.05, 3.63) is 107 Å². The lowest BCUT2D eigenvalue weighted by Crippen LogP contribution is -2.22. The zero-order valence-electron chi connectivity index (χ0n) is 32.4. The number of carbonyl (C=O) groups is 2. The molecule has 0 bridgehead atoms. The smallest absolute Gasteiger partial charge is 0.323 e. The summed E-state index contributed by atoms with van der Waals surface area (Å²) in [5.74, 6) is 1.73. The molecule has 0 spiro atoms. The summed E-state index contributed by atoms with van der Waals surface area (Å²) >= 11 is 0. The third-order valence-corrected chi connectivity index (χ3v) is 9.32. The fourth-order valence-electron chi connectivity index (χ4n) is 6.06. The summed E-state index contributed by atoms with van der Waals surface area (Å²) in [5.41, 5.74) is 3.58. The van der Waals surface area contributed by atoms with E-state index >= 15 is 0 Å². The van der Waals surface area contributed by atoms with Gasteiger partial charge in [-0.2, -0.15) is 0 Å². The van der Waals surface area contributed by atoms with Gasteiger partial charge in [0.05, 0.1) is 56.3 Å². The number of sulfonamides is 1. The van der Waals surface area contributed by atoms with Gasteiger partial charge >= 0.3 is 6.03 Å². The first kappa shape index (κ1) is 41.5. The fourth-order valence-corrected chi connectivity index (χ4v) is 6.61. The number of nitrogens with zero attached hydrogens (tertiary/aromatic N) is 1. The number of aliphatic hydroxyl groups excluding tert-OH is 1. The maximum Gasteiger partial charge on any atom is 0.323 e. The van der Waals surface area contributed by atoms with Crippen molar-refractivity contribution in [3.63, 3.8) is 0 Å². The molecule has 0 fully saturated rings. The normalized spacial score (nSPS) is 11.6. The quantitative estimate of drug-likeness (QED) is 0.0536. The zero-order chi connectivity index (χ0) is 40.5. The minimum atomic E-state index is -3.64. The number of urea groups is 1. The molecule has 296 valence electrons. The number of aromatic nitrogens is 1. The molecule has 13 nitrogen and oxygen atoms in total. The van der Waals surface area contributed by atoms with Crippen LogP contribution in [0.1, 0.15) is 60.8 Å². The van der Waals surface area contributed by atoms with Gasteiger partial charge in [0.2, 0.25) is 10.0 Å². The van der Waals surface area contributed by atoms with E-state index < -0.39 is 16.1 Å². The first-order valence-corrected chi connectivity index (χ1v) is 19.9. The number of ether oxygens (including phenoxy) is 4. The van der Waals surface area contributed by atoms with E-state index in [-0.39, 0.29) is 35.8 Å². The van der Waals surface area contributed by atoms with Crippen molar-refractivity contribution in [2.45, 2.75) is 45.4 Å². The monoisotopic (exact) mass is 784 g/mol. The number of hydrogen-bond donors (Lipinski definition) is 4. The Bertz CT molecular complexity index is 2310. The highest BCUT2D eigenvalue weighted by Gasteiger charge is 2.23. The lowest BCUT2D eigenvalue weighted by Gasteiger charge is -2.24. The number of Topliss-reactive ketones (excluding diaryl/α,β-unsaturated/α-hetero) is 1. The summed E-state index contributed by atoms with van der Waals surface area (Å²) in [6.07, 6.45) is 4.03. The minimum Gasteiger partial charge on any atom is -0.496 e. The molecule has 0 atom stereocenters. The maximum atomic E-state index is 13.5. The Kier molecular flexibility index (Phi) is 13.5. The third kappa shape index (κ3) is 11.0.